The molecule has 5 nitrogen and oxygen atoms in total. The molecule has 1 aliphatic rings. The molecule has 17 heavy (non-hydrogen) atoms. The number of aryl methyl sites for hydroxylation is 2. The molecule has 0 amide bonds. The summed E-state index contributed by atoms with van der Waals surface area (Å²) in [7, 11) is 1.96. The van der Waals surface area contributed by atoms with Gasteiger partial charge >= 0.3 is 0 Å². The summed E-state index contributed by atoms with van der Waals surface area (Å²) in [6, 6.07) is 0.498. The second-order valence-electron chi connectivity index (χ2n) is 5.23. The molecular formula is C12H19N5. The van der Waals surface area contributed by atoms with E-state index in [2.05, 4.69) is 28.9 Å². The summed E-state index contributed by atoms with van der Waals surface area (Å²) < 4.78 is 4.03. The van der Waals surface area contributed by atoms with Crippen molar-refractivity contribution < 1.29 is 0 Å². The van der Waals surface area contributed by atoms with E-state index in [9.17, 15) is 0 Å². The molecule has 1 N–H and O–H groups in total. The zero-order valence-electron chi connectivity index (χ0n) is 10.9. The van der Waals surface area contributed by atoms with Gasteiger partial charge in [0.05, 0.1) is 17.1 Å². The number of hydrogen-bond donors (Lipinski definition) is 1. The van der Waals surface area contributed by atoms with Gasteiger partial charge in [0.2, 0.25) is 0 Å². The largest absolute Gasteiger partial charge is 0.370 e. The van der Waals surface area contributed by atoms with Gasteiger partial charge in [-0.2, -0.15) is 10.2 Å². The van der Waals surface area contributed by atoms with Crippen molar-refractivity contribution in [2.24, 2.45) is 13.0 Å². The van der Waals surface area contributed by atoms with Gasteiger partial charge in [-0.15, -0.1) is 0 Å². The molecule has 0 fully saturated rings. The molecule has 1 unspecified atom stereocenters. The first-order chi connectivity index (χ1) is 8.09. The van der Waals surface area contributed by atoms with E-state index in [0.29, 0.717) is 12.0 Å². The Morgan fingerprint density at radius 1 is 1.35 bits per heavy atom. The highest BCUT2D eigenvalue weighted by atomic mass is 15.4. The van der Waals surface area contributed by atoms with Crippen LogP contribution >= 0.6 is 0 Å². The number of anilines is 1. The van der Waals surface area contributed by atoms with Gasteiger partial charge in [0.15, 0.2) is 5.65 Å². The van der Waals surface area contributed by atoms with Crippen LogP contribution in [0.4, 0.5) is 5.82 Å². The molecule has 3 rings (SSSR count). The lowest BCUT2D eigenvalue weighted by atomic mass is 10.00. The van der Waals surface area contributed by atoms with Crippen molar-refractivity contribution in [1.82, 2.24) is 19.6 Å². The highest BCUT2D eigenvalue weighted by Crippen LogP contribution is 2.35. The van der Waals surface area contributed by atoms with E-state index in [0.717, 1.165) is 30.1 Å². The highest BCUT2D eigenvalue weighted by molar-refractivity contribution is 5.90. The van der Waals surface area contributed by atoms with Crippen LogP contribution in [0.25, 0.3) is 11.0 Å². The van der Waals surface area contributed by atoms with Crippen molar-refractivity contribution in [3.63, 3.8) is 0 Å². The fourth-order valence-electron chi connectivity index (χ4n) is 2.79. The van der Waals surface area contributed by atoms with Crippen LogP contribution in [0.2, 0.25) is 0 Å². The lowest BCUT2D eigenvalue weighted by Gasteiger charge is -2.28. The van der Waals surface area contributed by atoms with Gasteiger partial charge in [0, 0.05) is 13.6 Å². The molecule has 0 aliphatic carbocycles. The van der Waals surface area contributed by atoms with E-state index in [1.807, 2.05) is 18.7 Å². The maximum atomic E-state index is 4.73. The minimum atomic E-state index is 0.498. The minimum Gasteiger partial charge on any atom is -0.370 e. The normalized spacial score (nSPS) is 19.7. The molecule has 0 saturated carbocycles. The third kappa shape index (κ3) is 1.38. The molecule has 0 radical (unpaired) electrons. The fraction of sp³-hybridized carbons (Fsp3) is 0.667. The van der Waals surface area contributed by atoms with Gasteiger partial charge in [0.25, 0.3) is 0 Å². The Bertz CT molecular complexity index is 563. The quantitative estimate of drug-likeness (QED) is 0.820. The molecule has 0 bridgehead atoms. The van der Waals surface area contributed by atoms with Crippen molar-refractivity contribution in [2.45, 2.75) is 33.2 Å². The van der Waals surface area contributed by atoms with Gasteiger partial charge < -0.3 is 5.32 Å². The molecule has 0 spiro atoms. The molecule has 3 heterocycles. The third-order valence-electron chi connectivity index (χ3n) is 3.68. The Labute approximate surface area is 101 Å². The van der Waals surface area contributed by atoms with Crippen LogP contribution in [-0.2, 0) is 7.05 Å². The number of nitrogens with one attached hydrogen (secondary N) is 1. The summed E-state index contributed by atoms with van der Waals surface area (Å²) >= 11 is 0. The minimum absolute atomic E-state index is 0.498. The fourth-order valence-corrected chi connectivity index (χ4v) is 2.79. The van der Waals surface area contributed by atoms with Crippen LogP contribution in [0, 0.1) is 12.8 Å². The van der Waals surface area contributed by atoms with Crippen molar-refractivity contribution in [3.05, 3.63) is 5.69 Å². The van der Waals surface area contributed by atoms with E-state index in [1.165, 1.54) is 5.39 Å². The van der Waals surface area contributed by atoms with E-state index in [1.54, 1.807) is 0 Å². The summed E-state index contributed by atoms with van der Waals surface area (Å²) in [6.45, 7) is 7.60. The molecule has 0 saturated heterocycles. The van der Waals surface area contributed by atoms with Gasteiger partial charge in [-0.05, 0) is 19.3 Å². The average Bonchev–Trinajstić information content (AvgIpc) is 2.78. The predicted molar refractivity (Wildman–Crippen MR) is 68.2 cm³/mol. The lowest BCUT2D eigenvalue weighted by Crippen LogP contribution is -2.27. The summed E-state index contributed by atoms with van der Waals surface area (Å²) in [5.74, 6) is 1.76. The highest BCUT2D eigenvalue weighted by Gasteiger charge is 2.27. The van der Waals surface area contributed by atoms with Crippen molar-refractivity contribution in [2.75, 3.05) is 11.9 Å². The van der Waals surface area contributed by atoms with E-state index in [4.69, 9.17) is 5.10 Å². The monoisotopic (exact) mass is 233 g/mol. The predicted octanol–water partition coefficient (Wildman–Crippen LogP) is 2.09. The molecule has 5 heteroatoms. The molecule has 0 aromatic carbocycles. The second-order valence-corrected chi connectivity index (χ2v) is 5.23. The Morgan fingerprint density at radius 3 is 2.82 bits per heavy atom. The van der Waals surface area contributed by atoms with Crippen LogP contribution < -0.4 is 5.32 Å². The third-order valence-corrected chi connectivity index (χ3v) is 3.68. The molecule has 1 atom stereocenters. The number of fused-ring (bicyclic) bond motifs is 3. The topological polar surface area (TPSA) is 47.7 Å². The standard InChI is InChI=1S/C12H19N5/c1-7(2)9-5-6-13-11-10-8(3)14-16(4)12(10)15-17(9)11/h7,9,13H,5-6H2,1-4H3. The first-order valence-electron chi connectivity index (χ1n) is 6.25. The van der Waals surface area contributed by atoms with Crippen molar-refractivity contribution in [1.29, 1.82) is 0 Å². The average molecular weight is 233 g/mol. The molecule has 2 aromatic heterocycles. The maximum absolute atomic E-state index is 4.73. The Kier molecular flexibility index (Phi) is 2.18. The molecule has 1 aliphatic heterocycles. The molecule has 2 aromatic rings. The smallest absolute Gasteiger partial charge is 0.182 e. The number of hydrogen-bond acceptors (Lipinski definition) is 3. The van der Waals surface area contributed by atoms with Crippen LogP contribution in [-0.4, -0.2) is 26.1 Å². The Hall–Kier alpha value is -1.52. The van der Waals surface area contributed by atoms with Crippen LogP contribution in [0.5, 0.6) is 0 Å². The van der Waals surface area contributed by atoms with E-state index in [-0.39, 0.29) is 0 Å². The first kappa shape index (κ1) is 10.6. The first-order valence-corrected chi connectivity index (χ1v) is 6.25. The summed E-state index contributed by atoms with van der Waals surface area (Å²) in [6.07, 6.45) is 1.14. The van der Waals surface area contributed by atoms with E-state index >= 15 is 0 Å². The lowest BCUT2D eigenvalue weighted by molar-refractivity contribution is 0.324. The van der Waals surface area contributed by atoms with Gasteiger partial charge in [-0.3, -0.25) is 0 Å². The summed E-state index contributed by atoms with van der Waals surface area (Å²) in [4.78, 5) is 0. The molecular weight excluding hydrogens is 214 g/mol. The number of nitrogens with zero attached hydrogens (tertiary/aromatic N) is 4. The summed E-state index contributed by atoms with van der Waals surface area (Å²) in [5, 5.41) is 13.8. The van der Waals surface area contributed by atoms with Crippen LogP contribution in [0.3, 0.4) is 0 Å². The zero-order valence-corrected chi connectivity index (χ0v) is 10.9. The van der Waals surface area contributed by atoms with Gasteiger partial charge in [-0.25, -0.2) is 9.36 Å². The molecule has 92 valence electrons. The van der Waals surface area contributed by atoms with Crippen LogP contribution in [0.1, 0.15) is 32.0 Å². The number of aromatic nitrogens is 4. The van der Waals surface area contributed by atoms with Crippen LogP contribution in [0.15, 0.2) is 0 Å². The van der Waals surface area contributed by atoms with Gasteiger partial charge in [0.1, 0.15) is 5.82 Å². The Balaban J connectivity index is 2.26. The zero-order chi connectivity index (χ0) is 12.2. The maximum Gasteiger partial charge on any atom is 0.182 e. The second kappa shape index (κ2) is 3.48. The number of rotatable bonds is 1. The van der Waals surface area contributed by atoms with Crippen molar-refractivity contribution >= 4 is 16.9 Å². The van der Waals surface area contributed by atoms with Gasteiger partial charge in [-0.1, -0.05) is 13.8 Å². The summed E-state index contributed by atoms with van der Waals surface area (Å²) in [5.41, 5.74) is 2.04. The van der Waals surface area contributed by atoms with Crippen molar-refractivity contribution in [3.8, 4) is 0 Å². The van der Waals surface area contributed by atoms with E-state index < -0.39 is 0 Å². The SMILES string of the molecule is Cc1nn(C)c2nn3c(c12)NCCC3C(C)C. The Morgan fingerprint density at radius 2 is 2.12 bits per heavy atom.